The molecule has 0 aliphatic rings. The van der Waals surface area contributed by atoms with Crippen molar-refractivity contribution in [1.29, 1.82) is 0 Å². The van der Waals surface area contributed by atoms with Crippen LogP contribution in [0.25, 0.3) is 22.5 Å². The third-order valence-electron chi connectivity index (χ3n) is 4.90. The van der Waals surface area contributed by atoms with E-state index in [0.717, 1.165) is 29.1 Å². The van der Waals surface area contributed by atoms with Crippen molar-refractivity contribution in [2.24, 2.45) is 5.73 Å². The number of carbonyl (C=O) groups excluding carboxylic acids is 1. The van der Waals surface area contributed by atoms with E-state index in [1.165, 1.54) is 12.1 Å². The van der Waals surface area contributed by atoms with Gasteiger partial charge in [0.2, 0.25) is 0 Å². The van der Waals surface area contributed by atoms with Gasteiger partial charge in [-0.05, 0) is 73.6 Å². The first-order valence-electron chi connectivity index (χ1n) is 9.40. The number of carbonyl (C=O) groups is 1. The van der Waals surface area contributed by atoms with Crippen LogP contribution < -0.4 is 10.5 Å². The summed E-state index contributed by atoms with van der Waals surface area (Å²) >= 11 is 0. The van der Waals surface area contributed by atoms with Crippen molar-refractivity contribution in [3.8, 4) is 28.3 Å². The summed E-state index contributed by atoms with van der Waals surface area (Å²) in [5.41, 5.74) is 9.86. The summed E-state index contributed by atoms with van der Waals surface area (Å²) in [6.07, 6.45) is 0.607. The predicted octanol–water partition coefficient (Wildman–Crippen LogP) is 3.47. The minimum atomic E-state index is -0.548. The van der Waals surface area contributed by atoms with Gasteiger partial charge in [0.15, 0.2) is 0 Å². The molecule has 0 aliphatic heterocycles. The Labute approximate surface area is 174 Å². The fourth-order valence-electron chi connectivity index (χ4n) is 3.37. The first-order valence-corrected chi connectivity index (χ1v) is 9.40. The summed E-state index contributed by atoms with van der Waals surface area (Å²) in [5, 5.41) is 11.0. The number of nitrogens with two attached hydrogens (primary N) is 1. The average molecular weight is 408 g/mol. The molecular formula is C22H24N4O4. The fourth-order valence-corrected chi connectivity index (χ4v) is 3.37. The van der Waals surface area contributed by atoms with Crippen molar-refractivity contribution in [2.45, 2.75) is 6.42 Å². The number of aromatic amines is 1. The molecule has 1 amide bonds. The SMILES string of the molecule is COc1ccc(-c2[nH]c(-c3ccc([N+](=O)[O-])cc3)c(C(N)=O)c2CCN(C)C)cc1. The number of ether oxygens (including phenoxy) is 1. The number of nitrogens with zero attached hydrogens (tertiary/aromatic N) is 2. The number of amides is 1. The number of methoxy groups -OCH3 is 1. The predicted molar refractivity (Wildman–Crippen MR) is 116 cm³/mol. The van der Waals surface area contributed by atoms with Crippen LogP contribution in [0.2, 0.25) is 0 Å². The highest BCUT2D eigenvalue weighted by Gasteiger charge is 2.23. The van der Waals surface area contributed by atoms with Crippen molar-refractivity contribution in [2.75, 3.05) is 27.7 Å². The zero-order chi connectivity index (χ0) is 21.8. The van der Waals surface area contributed by atoms with Gasteiger partial charge in [-0.2, -0.15) is 0 Å². The number of H-pyrrole nitrogens is 1. The highest BCUT2D eigenvalue weighted by Crippen LogP contribution is 2.35. The van der Waals surface area contributed by atoms with E-state index in [1.54, 1.807) is 19.2 Å². The van der Waals surface area contributed by atoms with E-state index >= 15 is 0 Å². The summed E-state index contributed by atoms with van der Waals surface area (Å²) in [6, 6.07) is 13.6. The zero-order valence-electron chi connectivity index (χ0n) is 17.1. The minimum absolute atomic E-state index is 0.0193. The van der Waals surface area contributed by atoms with Crippen LogP contribution in [0.5, 0.6) is 5.75 Å². The molecule has 0 unspecified atom stereocenters. The van der Waals surface area contributed by atoms with Crippen LogP contribution >= 0.6 is 0 Å². The number of rotatable bonds is 8. The van der Waals surface area contributed by atoms with Gasteiger partial charge in [-0.25, -0.2) is 0 Å². The molecule has 8 heteroatoms. The van der Waals surface area contributed by atoms with E-state index in [1.807, 2.05) is 43.3 Å². The largest absolute Gasteiger partial charge is 0.497 e. The van der Waals surface area contributed by atoms with Crippen LogP contribution in [0.3, 0.4) is 0 Å². The van der Waals surface area contributed by atoms with Gasteiger partial charge in [0.25, 0.3) is 11.6 Å². The van der Waals surface area contributed by atoms with Crippen LogP contribution in [0, 0.1) is 10.1 Å². The number of aromatic nitrogens is 1. The second-order valence-corrected chi connectivity index (χ2v) is 7.18. The Bertz CT molecular complexity index is 1050. The number of hydrogen-bond acceptors (Lipinski definition) is 5. The van der Waals surface area contributed by atoms with E-state index in [2.05, 4.69) is 4.98 Å². The summed E-state index contributed by atoms with van der Waals surface area (Å²) in [7, 11) is 5.52. The molecule has 8 nitrogen and oxygen atoms in total. The Hall–Kier alpha value is -3.65. The van der Waals surface area contributed by atoms with Gasteiger partial charge in [0.1, 0.15) is 5.75 Å². The molecule has 1 aromatic heterocycles. The lowest BCUT2D eigenvalue weighted by Crippen LogP contribution is -2.18. The van der Waals surface area contributed by atoms with Crippen molar-refractivity contribution < 1.29 is 14.5 Å². The molecule has 0 fully saturated rings. The molecule has 2 aromatic carbocycles. The van der Waals surface area contributed by atoms with Gasteiger partial charge in [0, 0.05) is 24.4 Å². The number of nitro benzene ring substituents is 1. The maximum Gasteiger partial charge on any atom is 0.269 e. The summed E-state index contributed by atoms with van der Waals surface area (Å²) in [5.74, 6) is 0.180. The second kappa shape index (κ2) is 8.79. The van der Waals surface area contributed by atoms with Gasteiger partial charge in [-0.3, -0.25) is 14.9 Å². The molecule has 30 heavy (non-hydrogen) atoms. The molecule has 3 N–H and O–H groups in total. The van der Waals surface area contributed by atoms with Crippen LogP contribution in [-0.2, 0) is 6.42 Å². The lowest BCUT2D eigenvalue weighted by Gasteiger charge is -2.12. The Balaban J connectivity index is 2.18. The molecule has 0 radical (unpaired) electrons. The maximum atomic E-state index is 12.4. The van der Waals surface area contributed by atoms with Crippen molar-refractivity contribution in [1.82, 2.24) is 9.88 Å². The molecule has 3 aromatic rings. The Kier molecular flexibility index (Phi) is 6.17. The topological polar surface area (TPSA) is 114 Å². The molecule has 156 valence electrons. The Morgan fingerprint density at radius 2 is 1.63 bits per heavy atom. The number of nitro groups is 1. The van der Waals surface area contributed by atoms with Crippen LogP contribution in [-0.4, -0.2) is 48.5 Å². The number of hydrogen-bond donors (Lipinski definition) is 2. The Morgan fingerprint density at radius 3 is 2.13 bits per heavy atom. The number of nitrogens with one attached hydrogen (secondary N) is 1. The number of likely N-dealkylation sites (N-methyl/N-ethyl adjacent to an activating group) is 1. The lowest BCUT2D eigenvalue weighted by molar-refractivity contribution is -0.384. The molecule has 0 spiro atoms. The van der Waals surface area contributed by atoms with Crippen LogP contribution in [0.1, 0.15) is 15.9 Å². The number of non-ortho nitro benzene ring substituents is 1. The molecule has 0 saturated carbocycles. The molecule has 0 aliphatic carbocycles. The third kappa shape index (κ3) is 4.33. The van der Waals surface area contributed by atoms with E-state index < -0.39 is 10.8 Å². The van der Waals surface area contributed by atoms with E-state index in [0.29, 0.717) is 23.2 Å². The van der Waals surface area contributed by atoms with Crippen molar-refractivity contribution in [3.63, 3.8) is 0 Å². The first kappa shape index (κ1) is 21.1. The van der Waals surface area contributed by atoms with Gasteiger partial charge in [0.05, 0.1) is 23.3 Å². The van der Waals surface area contributed by atoms with Gasteiger partial charge >= 0.3 is 0 Å². The molecule has 0 atom stereocenters. The summed E-state index contributed by atoms with van der Waals surface area (Å²) < 4.78 is 5.24. The summed E-state index contributed by atoms with van der Waals surface area (Å²) in [6.45, 7) is 0.723. The standard InChI is InChI=1S/C22H24N4O4/c1-25(2)13-12-18-19(22(23)27)21(15-4-8-16(9-5-15)26(28)29)24-20(18)14-6-10-17(30-3)11-7-14/h4-11,24H,12-13H2,1-3H3,(H2,23,27). The monoisotopic (exact) mass is 408 g/mol. The average Bonchev–Trinajstić information content (AvgIpc) is 3.12. The van der Waals surface area contributed by atoms with Crippen molar-refractivity contribution >= 4 is 11.6 Å². The molecule has 1 heterocycles. The van der Waals surface area contributed by atoms with E-state index in [-0.39, 0.29) is 5.69 Å². The second-order valence-electron chi connectivity index (χ2n) is 7.18. The lowest BCUT2D eigenvalue weighted by atomic mass is 9.98. The van der Waals surface area contributed by atoms with E-state index in [9.17, 15) is 14.9 Å². The molecule has 3 rings (SSSR count). The quantitative estimate of drug-likeness (QED) is 0.437. The normalized spacial score (nSPS) is 10.9. The van der Waals surface area contributed by atoms with E-state index in [4.69, 9.17) is 10.5 Å². The fraction of sp³-hybridized carbons (Fsp3) is 0.227. The smallest absolute Gasteiger partial charge is 0.269 e. The highest BCUT2D eigenvalue weighted by molar-refractivity contribution is 6.03. The molecule has 0 saturated heterocycles. The van der Waals surface area contributed by atoms with Crippen LogP contribution in [0.15, 0.2) is 48.5 Å². The summed E-state index contributed by atoms with van der Waals surface area (Å²) in [4.78, 5) is 28.3. The van der Waals surface area contributed by atoms with Gasteiger partial charge in [-0.1, -0.05) is 0 Å². The molecular weight excluding hydrogens is 384 g/mol. The van der Waals surface area contributed by atoms with Crippen molar-refractivity contribution in [3.05, 3.63) is 69.8 Å². The highest BCUT2D eigenvalue weighted by atomic mass is 16.6. The molecule has 0 bridgehead atoms. The number of primary amides is 1. The minimum Gasteiger partial charge on any atom is -0.497 e. The zero-order valence-corrected chi connectivity index (χ0v) is 17.1. The van der Waals surface area contributed by atoms with Gasteiger partial charge in [-0.15, -0.1) is 0 Å². The Morgan fingerprint density at radius 1 is 1.07 bits per heavy atom. The third-order valence-corrected chi connectivity index (χ3v) is 4.90. The van der Waals surface area contributed by atoms with Crippen LogP contribution in [0.4, 0.5) is 5.69 Å². The first-order chi connectivity index (χ1) is 14.3. The maximum absolute atomic E-state index is 12.4. The van der Waals surface area contributed by atoms with Gasteiger partial charge < -0.3 is 20.4 Å². The number of benzene rings is 2.